The van der Waals surface area contributed by atoms with Crippen LogP contribution in [0.15, 0.2) is 41.9 Å². The summed E-state index contributed by atoms with van der Waals surface area (Å²) in [6.45, 7) is 0. The minimum absolute atomic E-state index is 0.347. The third-order valence-electron chi connectivity index (χ3n) is 2.98. The number of hydrogen-bond donors (Lipinski definition) is 1. The van der Waals surface area contributed by atoms with Crippen LogP contribution in [0.1, 0.15) is 17.2 Å². The SMILES string of the molecule is NC(c1cnc2ccsc2c1)c1cc(F)ccc1Cl. The minimum Gasteiger partial charge on any atom is -0.320 e. The van der Waals surface area contributed by atoms with Gasteiger partial charge in [0, 0.05) is 11.2 Å². The first-order valence-electron chi connectivity index (χ1n) is 5.69. The van der Waals surface area contributed by atoms with Crippen molar-refractivity contribution in [2.24, 2.45) is 5.73 Å². The smallest absolute Gasteiger partial charge is 0.123 e. The van der Waals surface area contributed by atoms with Gasteiger partial charge in [0.2, 0.25) is 0 Å². The Morgan fingerprint density at radius 1 is 1.26 bits per heavy atom. The average Bonchev–Trinajstić information content (AvgIpc) is 2.88. The van der Waals surface area contributed by atoms with Gasteiger partial charge < -0.3 is 5.73 Å². The lowest BCUT2D eigenvalue weighted by atomic mass is 10.0. The van der Waals surface area contributed by atoms with Gasteiger partial charge in [0.15, 0.2) is 0 Å². The number of thiophene rings is 1. The maximum absolute atomic E-state index is 13.3. The molecule has 5 heteroatoms. The third kappa shape index (κ3) is 2.34. The molecular weight excluding hydrogens is 283 g/mol. The van der Waals surface area contributed by atoms with Gasteiger partial charge in [-0.05, 0) is 46.8 Å². The van der Waals surface area contributed by atoms with E-state index in [-0.39, 0.29) is 5.82 Å². The normalized spacial score (nSPS) is 12.8. The van der Waals surface area contributed by atoms with Crippen molar-refractivity contribution in [3.63, 3.8) is 0 Å². The first-order valence-corrected chi connectivity index (χ1v) is 6.94. The summed E-state index contributed by atoms with van der Waals surface area (Å²) in [6.07, 6.45) is 1.71. The van der Waals surface area contributed by atoms with Gasteiger partial charge in [-0.25, -0.2) is 4.39 Å². The summed E-state index contributed by atoms with van der Waals surface area (Å²) in [5, 5.41) is 2.43. The highest BCUT2D eigenvalue weighted by atomic mass is 35.5. The summed E-state index contributed by atoms with van der Waals surface area (Å²) < 4.78 is 14.4. The van der Waals surface area contributed by atoms with E-state index in [9.17, 15) is 4.39 Å². The van der Waals surface area contributed by atoms with Gasteiger partial charge in [-0.2, -0.15) is 0 Å². The van der Waals surface area contributed by atoms with Crippen LogP contribution in [0.25, 0.3) is 10.2 Å². The molecule has 19 heavy (non-hydrogen) atoms. The van der Waals surface area contributed by atoms with Crippen molar-refractivity contribution in [2.45, 2.75) is 6.04 Å². The van der Waals surface area contributed by atoms with E-state index in [4.69, 9.17) is 17.3 Å². The summed E-state index contributed by atoms with van der Waals surface area (Å²) >= 11 is 7.67. The second-order valence-electron chi connectivity index (χ2n) is 4.22. The Hall–Kier alpha value is -1.49. The predicted octanol–water partition coefficient (Wildman–Crippen LogP) is 4.14. The van der Waals surface area contributed by atoms with Gasteiger partial charge >= 0.3 is 0 Å². The van der Waals surface area contributed by atoms with E-state index in [1.165, 1.54) is 18.2 Å². The van der Waals surface area contributed by atoms with Crippen molar-refractivity contribution in [3.05, 3.63) is 63.9 Å². The molecule has 96 valence electrons. The lowest BCUT2D eigenvalue weighted by Crippen LogP contribution is -2.13. The summed E-state index contributed by atoms with van der Waals surface area (Å²) in [5.74, 6) is -0.347. The molecule has 0 bridgehead atoms. The van der Waals surface area contributed by atoms with Gasteiger partial charge in [-0.3, -0.25) is 4.98 Å². The average molecular weight is 293 g/mol. The molecule has 2 N–H and O–H groups in total. The number of nitrogens with two attached hydrogens (primary N) is 1. The maximum Gasteiger partial charge on any atom is 0.123 e. The standard InChI is InChI=1S/C14H10ClFN2S/c15-11-2-1-9(16)6-10(11)14(17)8-5-13-12(18-7-8)3-4-19-13/h1-7,14H,17H2. The van der Waals surface area contributed by atoms with E-state index in [1.54, 1.807) is 17.5 Å². The molecule has 0 fully saturated rings. The van der Waals surface area contributed by atoms with Crippen LogP contribution in [-0.4, -0.2) is 4.98 Å². The number of aromatic nitrogens is 1. The van der Waals surface area contributed by atoms with Gasteiger partial charge in [-0.1, -0.05) is 11.6 Å². The van der Waals surface area contributed by atoms with Gasteiger partial charge in [0.1, 0.15) is 5.82 Å². The van der Waals surface area contributed by atoms with Gasteiger partial charge in [0.25, 0.3) is 0 Å². The Morgan fingerprint density at radius 2 is 2.11 bits per heavy atom. The van der Waals surface area contributed by atoms with E-state index < -0.39 is 6.04 Å². The number of halogens is 2. The first-order chi connectivity index (χ1) is 9.15. The highest BCUT2D eigenvalue weighted by Gasteiger charge is 2.14. The fourth-order valence-electron chi connectivity index (χ4n) is 1.96. The zero-order valence-electron chi connectivity index (χ0n) is 9.81. The highest BCUT2D eigenvalue weighted by molar-refractivity contribution is 7.17. The summed E-state index contributed by atoms with van der Waals surface area (Å²) in [4.78, 5) is 4.33. The van der Waals surface area contributed by atoms with Gasteiger partial charge in [0.05, 0.1) is 16.3 Å². The number of rotatable bonds is 2. The maximum atomic E-state index is 13.3. The zero-order chi connectivity index (χ0) is 13.4. The van der Waals surface area contributed by atoms with Crippen LogP contribution in [-0.2, 0) is 0 Å². The topological polar surface area (TPSA) is 38.9 Å². The number of fused-ring (bicyclic) bond motifs is 1. The molecule has 0 aliphatic rings. The van der Waals surface area contributed by atoms with Crippen LogP contribution < -0.4 is 5.73 Å². The molecule has 0 aliphatic carbocycles. The number of benzene rings is 1. The van der Waals surface area contributed by atoms with E-state index >= 15 is 0 Å². The quantitative estimate of drug-likeness (QED) is 0.771. The lowest BCUT2D eigenvalue weighted by molar-refractivity contribution is 0.623. The molecule has 1 aromatic carbocycles. The molecule has 2 nitrogen and oxygen atoms in total. The molecule has 0 spiro atoms. The van der Waals surface area contributed by atoms with Crippen LogP contribution in [0.4, 0.5) is 4.39 Å². The van der Waals surface area contributed by atoms with Crippen molar-refractivity contribution >= 4 is 33.2 Å². The largest absolute Gasteiger partial charge is 0.320 e. The molecule has 1 atom stereocenters. The van der Waals surface area contributed by atoms with Crippen molar-refractivity contribution in [1.82, 2.24) is 4.98 Å². The van der Waals surface area contributed by atoms with Crippen molar-refractivity contribution < 1.29 is 4.39 Å². The third-order valence-corrected chi connectivity index (χ3v) is 4.17. The van der Waals surface area contributed by atoms with Crippen molar-refractivity contribution in [2.75, 3.05) is 0 Å². The summed E-state index contributed by atoms with van der Waals surface area (Å²) in [6, 6.07) is 7.64. The lowest BCUT2D eigenvalue weighted by Gasteiger charge is -2.14. The molecule has 0 radical (unpaired) electrons. The van der Waals surface area contributed by atoms with Crippen LogP contribution in [0.2, 0.25) is 5.02 Å². The fourth-order valence-corrected chi connectivity index (χ4v) is 2.99. The summed E-state index contributed by atoms with van der Waals surface area (Å²) in [5.41, 5.74) is 8.49. The number of pyridine rings is 1. The summed E-state index contributed by atoms with van der Waals surface area (Å²) in [7, 11) is 0. The minimum atomic E-state index is -0.484. The first kappa shape index (κ1) is 12.5. The van der Waals surface area contributed by atoms with Gasteiger partial charge in [-0.15, -0.1) is 11.3 Å². The Morgan fingerprint density at radius 3 is 2.95 bits per heavy atom. The molecule has 0 saturated carbocycles. The van der Waals surface area contributed by atoms with E-state index in [2.05, 4.69) is 4.98 Å². The van der Waals surface area contributed by atoms with Crippen LogP contribution in [0.3, 0.4) is 0 Å². The van der Waals surface area contributed by atoms with E-state index in [0.29, 0.717) is 10.6 Å². The molecule has 2 heterocycles. The molecule has 1 unspecified atom stereocenters. The number of hydrogen-bond acceptors (Lipinski definition) is 3. The van der Waals surface area contributed by atoms with Crippen molar-refractivity contribution in [1.29, 1.82) is 0 Å². The van der Waals surface area contributed by atoms with E-state index in [0.717, 1.165) is 15.8 Å². The molecular formula is C14H10ClFN2S. The van der Waals surface area contributed by atoms with E-state index in [1.807, 2.05) is 17.5 Å². The molecule has 0 aliphatic heterocycles. The molecule has 0 saturated heterocycles. The Kier molecular flexibility index (Phi) is 3.22. The predicted molar refractivity (Wildman–Crippen MR) is 77.1 cm³/mol. The monoisotopic (exact) mass is 292 g/mol. The Bertz CT molecular complexity index is 741. The molecule has 0 amide bonds. The highest BCUT2D eigenvalue weighted by Crippen LogP contribution is 2.29. The van der Waals surface area contributed by atoms with Crippen molar-refractivity contribution in [3.8, 4) is 0 Å². The second-order valence-corrected chi connectivity index (χ2v) is 5.57. The Balaban J connectivity index is 2.07. The zero-order valence-corrected chi connectivity index (χ0v) is 11.4. The van der Waals surface area contributed by atoms with Crippen LogP contribution in [0, 0.1) is 5.82 Å². The fraction of sp³-hybridized carbons (Fsp3) is 0.0714. The second kappa shape index (κ2) is 4.89. The van der Waals surface area contributed by atoms with Crippen LogP contribution >= 0.6 is 22.9 Å². The molecule has 3 rings (SSSR count). The molecule has 2 aromatic heterocycles. The molecule has 3 aromatic rings. The Labute approximate surface area is 118 Å². The number of nitrogens with zero attached hydrogens (tertiary/aromatic N) is 1. The van der Waals surface area contributed by atoms with Crippen LogP contribution in [0.5, 0.6) is 0 Å².